The van der Waals surface area contributed by atoms with Gasteiger partial charge in [-0.2, -0.15) is 0 Å². The minimum atomic E-state index is -1.07. The molecule has 0 saturated heterocycles. The number of nitrogens with zero attached hydrogens (tertiary/aromatic N) is 1. The number of halogens is 2. The van der Waals surface area contributed by atoms with Gasteiger partial charge in [0.25, 0.3) is 5.69 Å². The Morgan fingerprint density at radius 3 is 2.15 bits per heavy atom. The van der Waals surface area contributed by atoms with Gasteiger partial charge in [-0.05, 0) is 23.3 Å². The minimum Gasteiger partial charge on any atom is -0.368 e. The van der Waals surface area contributed by atoms with Crippen molar-refractivity contribution in [1.82, 2.24) is 5.32 Å². The van der Waals surface area contributed by atoms with Gasteiger partial charge in [0.05, 0.1) is 11.3 Å². The molecule has 3 N–H and O–H groups in total. The second kappa shape index (κ2) is 8.15. The smallest absolute Gasteiger partial charge is 0.269 e. The Hall–Kier alpha value is -3.36. The summed E-state index contributed by atoms with van der Waals surface area (Å²) in [4.78, 5) is 33.7. The normalized spacial score (nSPS) is 11.6. The van der Waals surface area contributed by atoms with Crippen LogP contribution in [-0.2, 0) is 22.4 Å². The predicted molar refractivity (Wildman–Crippen MR) is 88.0 cm³/mol. The van der Waals surface area contributed by atoms with Crippen molar-refractivity contribution < 1.29 is 23.3 Å². The number of nitrogens with two attached hydrogens (primary N) is 1. The molecule has 2 amide bonds. The number of carbonyl (C=O) groups is 2. The van der Waals surface area contributed by atoms with E-state index >= 15 is 0 Å². The lowest BCUT2D eigenvalue weighted by atomic mass is 10.0. The van der Waals surface area contributed by atoms with E-state index in [0.29, 0.717) is 11.6 Å². The first-order valence-electron chi connectivity index (χ1n) is 7.51. The van der Waals surface area contributed by atoms with Crippen molar-refractivity contribution >= 4 is 17.5 Å². The van der Waals surface area contributed by atoms with Gasteiger partial charge < -0.3 is 11.1 Å². The monoisotopic (exact) mass is 363 g/mol. The Bertz CT molecular complexity index is 820. The second-order valence-corrected chi connectivity index (χ2v) is 5.60. The van der Waals surface area contributed by atoms with Crippen LogP contribution in [0, 0.1) is 21.7 Å². The zero-order chi connectivity index (χ0) is 19.3. The number of nitrogens with one attached hydrogen (secondary N) is 1. The zero-order valence-corrected chi connectivity index (χ0v) is 13.4. The first-order valence-corrected chi connectivity index (χ1v) is 7.51. The number of nitro groups is 1. The molecule has 0 fully saturated rings. The first kappa shape index (κ1) is 19.0. The summed E-state index contributed by atoms with van der Waals surface area (Å²) in [7, 11) is 0. The van der Waals surface area contributed by atoms with E-state index in [1.165, 1.54) is 24.3 Å². The SMILES string of the molecule is NC(=O)[C@H](Cc1ccc([N+](=O)[O-])cc1)NC(=O)Cc1cc(F)cc(F)c1. The number of non-ortho nitro benzene ring substituents is 1. The molecular formula is C17H15F2N3O4. The Morgan fingerprint density at radius 2 is 1.65 bits per heavy atom. The largest absolute Gasteiger partial charge is 0.368 e. The molecule has 136 valence electrons. The van der Waals surface area contributed by atoms with Crippen molar-refractivity contribution in [2.75, 3.05) is 0 Å². The first-order chi connectivity index (χ1) is 12.2. The standard InChI is InChI=1S/C17H15F2N3O4/c18-12-5-11(6-13(19)9-12)8-16(23)21-15(17(20)24)7-10-1-3-14(4-2-10)22(25)26/h1-6,9,15H,7-8H2,(H2,20,24)(H,21,23)/t15-/m0/s1. The fourth-order valence-corrected chi connectivity index (χ4v) is 2.36. The predicted octanol–water partition coefficient (Wildman–Crippen LogP) is 1.63. The van der Waals surface area contributed by atoms with Crippen LogP contribution in [0.25, 0.3) is 0 Å². The van der Waals surface area contributed by atoms with E-state index in [9.17, 15) is 28.5 Å². The quantitative estimate of drug-likeness (QED) is 0.574. The van der Waals surface area contributed by atoms with Crippen molar-refractivity contribution in [2.45, 2.75) is 18.9 Å². The molecule has 1 atom stereocenters. The van der Waals surface area contributed by atoms with Gasteiger partial charge in [-0.3, -0.25) is 19.7 Å². The average molecular weight is 363 g/mol. The summed E-state index contributed by atoms with van der Waals surface area (Å²) in [6.45, 7) is 0. The molecule has 0 spiro atoms. The molecular weight excluding hydrogens is 348 g/mol. The third kappa shape index (κ3) is 5.33. The van der Waals surface area contributed by atoms with Crippen LogP contribution in [0.4, 0.5) is 14.5 Å². The third-order valence-corrected chi connectivity index (χ3v) is 3.55. The van der Waals surface area contributed by atoms with Crippen LogP contribution in [0.1, 0.15) is 11.1 Å². The van der Waals surface area contributed by atoms with Gasteiger partial charge in [-0.15, -0.1) is 0 Å². The number of hydrogen-bond donors (Lipinski definition) is 2. The number of rotatable bonds is 7. The highest BCUT2D eigenvalue weighted by atomic mass is 19.1. The number of nitro benzene ring substituents is 1. The van der Waals surface area contributed by atoms with E-state index in [1.807, 2.05) is 0 Å². The molecule has 0 aliphatic rings. The number of primary amides is 1. The number of carbonyl (C=O) groups excluding carboxylic acids is 2. The topological polar surface area (TPSA) is 115 Å². The molecule has 7 nitrogen and oxygen atoms in total. The highest BCUT2D eigenvalue weighted by Crippen LogP contribution is 2.13. The van der Waals surface area contributed by atoms with Gasteiger partial charge in [0, 0.05) is 24.6 Å². The molecule has 0 aliphatic carbocycles. The van der Waals surface area contributed by atoms with E-state index in [1.54, 1.807) is 0 Å². The summed E-state index contributed by atoms with van der Waals surface area (Å²) >= 11 is 0. The lowest BCUT2D eigenvalue weighted by molar-refractivity contribution is -0.384. The Morgan fingerprint density at radius 1 is 1.08 bits per heavy atom. The number of benzene rings is 2. The van der Waals surface area contributed by atoms with E-state index in [4.69, 9.17) is 5.73 Å². The molecule has 0 aliphatic heterocycles. The van der Waals surface area contributed by atoms with Crippen LogP contribution >= 0.6 is 0 Å². The summed E-state index contributed by atoms with van der Waals surface area (Å²) < 4.78 is 26.3. The van der Waals surface area contributed by atoms with Crippen molar-refractivity contribution in [1.29, 1.82) is 0 Å². The van der Waals surface area contributed by atoms with E-state index in [2.05, 4.69) is 5.32 Å². The maximum Gasteiger partial charge on any atom is 0.269 e. The number of hydrogen-bond acceptors (Lipinski definition) is 4. The van der Waals surface area contributed by atoms with Crippen molar-refractivity contribution in [2.24, 2.45) is 5.73 Å². The van der Waals surface area contributed by atoms with Gasteiger partial charge in [-0.1, -0.05) is 12.1 Å². The molecule has 0 unspecified atom stereocenters. The molecule has 0 heterocycles. The van der Waals surface area contributed by atoms with Crippen LogP contribution < -0.4 is 11.1 Å². The molecule has 0 bridgehead atoms. The summed E-state index contributed by atoms with van der Waals surface area (Å²) in [5.41, 5.74) is 5.82. The van der Waals surface area contributed by atoms with Crippen molar-refractivity contribution in [3.63, 3.8) is 0 Å². The third-order valence-electron chi connectivity index (χ3n) is 3.55. The van der Waals surface area contributed by atoms with Crippen LogP contribution in [0.5, 0.6) is 0 Å². The maximum absolute atomic E-state index is 13.2. The van der Waals surface area contributed by atoms with E-state index in [0.717, 1.165) is 12.1 Å². The highest BCUT2D eigenvalue weighted by Gasteiger charge is 2.19. The molecule has 0 saturated carbocycles. The second-order valence-electron chi connectivity index (χ2n) is 5.60. The number of amides is 2. The maximum atomic E-state index is 13.2. The van der Waals surface area contributed by atoms with Crippen LogP contribution in [0.15, 0.2) is 42.5 Å². The molecule has 26 heavy (non-hydrogen) atoms. The Labute approximate surface area is 147 Å². The molecule has 0 aromatic heterocycles. The summed E-state index contributed by atoms with van der Waals surface area (Å²) in [6, 6.07) is 7.07. The molecule has 2 aromatic carbocycles. The van der Waals surface area contributed by atoms with Crippen molar-refractivity contribution in [3.8, 4) is 0 Å². The summed E-state index contributed by atoms with van der Waals surface area (Å²) in [5, 5.41) is 13.0. The van der Waals surface area contributed by atoms with Crippen molar-refractivity contribution in [3.05, 3.63) is 75.3 Å². The molecule has 9 heteroatoms. The van der Waals surface area contributed by atoms with Gasteiger partial charge in [-0.25, -0.2) is 8.78 Å². The van der Waals surface area contributed by atoms with Gasteiger partial charge in [0.2, 0.25) is 11.8 Å². The zero-order valence-electron chi connectivity index (χ0n) is 13.4. The fourth-order valence-electron chi connectivity index (χ4n) is 2.36. The lowest BCUT2D eigenvalue weighted by Gasteiger charge is -2.15. The average Bonchev–Trinajstić information content (AvgIpc) is 2.53. The van der Waals surface area contributed by atoms with Gasteiger partial charge >= 0.3 is 0 Å². The van der Waals surface area contributed by atoms with Crippen LogP contribution in [0.3, 0.4) is 0 Å². The van der Waals surface area contributed by atoms with Gasteiger partial charge in [0.15, 0.2) is 0 Å². The molecule has 0 radical (unpaired) electrons. The summed E-state index contributed by atoms with van der Waals surface area (Å²) in [6.07, 6.45) is -0.310. The van der Waals surface area contributed by atoms with Crippen LogP contribution in [-0.4, -0.2) is 22.8 Å². The van der Waals surface area contributed by atoms with Crippen LogP contribution in [0.2, 0.25) is 0 Å². The summed E-state index contributed by atoms with van der Waals surface area (Å²) in [5.74, 6) is -3.07. The lowest BCUT2D eigenvalue weighted by Crippen LogP contribution is -2.46. The molecule has 2 rings (SSSR count). The molecule has 2 aromatic rings. The Balaban J connectivity index is 2.03. The Kier molecular flexibility index (Phi) is 5.94. The van der Waals surface area contributed by atoms with E-state index < -0.39 is 34.4 Å². The van der Waals surface area contributed by atoms with E-state index in [-0.39, 0.29) is 24.1 Å². The highest BCUT2D eigenvalue weighted by molar-refractivity contribution is 5.87. The van der Waals surface area contributed by atoms with Gasteiger partial charge in [0.1, 0.15) is 17.7 Å². The fraction of sp³-hybridized carbons (Fsp3) is 0.176. The minimum absolute atomic E-state index is 0.0244.